The molecule has 20 heavy (non-hydrogen) atoms. The number of carbonyl (C=O) groups is 1. The van der Waals surface area contributed by atoms with E-state index < -0.39 is 5.91 Å². The number of fused-ring (bicyclic) bond motifs is 1. The van der Waals surface area contributed by atoms with Gasteiger partial charge in [-0.1, -0.05) is 40.2 Å². The van der Waals surface area contributed by atoms with Crippen LogP contribution in [0.1, 0.15) is 10.5 Å². The molecule has 0 atom stereocenters. The summed E-state index contributed by atoms with van der Waals surface area (Å²) < 4.78 is 5.37. The van der Waals surface area contributed by atoms with Crippen molar-refractivity contribution in [1.82, 2.24) is 10.3 Å². The van der Waals surface area contributed by atoms with Gasteiger partial charge in [0.15, 0.2) is 0 Å². The first kappa shape index (κ1) is 12.6. The topological polar surface area (TPSA) is 94.0 Å². The van der Waals surface area contributed by atoms with Crippen molar-refractivity contribution < 1.29 is 9.42 Å². The Balaban J connectivity index is 2.02. The second-order valence-corrected chi connectivity index (χ2v) is 4.95. The van der Waals surface area contributed by atoms with E-state index in [4.69, 9.17) is 5.73 Å². The third-order valence-electron chi connectivity index (χ3n) is 2.85. The van der Waals surface area contributed by atoms with Crippen molar-refractivity contribution in [2.45, 2.75) is 0 Å². The Morgan fingerprint density at radius 3 is 2.60 bits per heavy atom. The zero-order valence-electron chi connectivity index (χ0n) is 10.1. The van der Waals surface area contributed by atoms with Crippen LogP contribution in [-0.4, -0.2) is 16.2 Å². The Hall–Kier alpha value is -2.41. The summed E-state index contributed by atoms with van der Waals surface area (Å²) in [6.07, 6.45) is 0. The maximum Gasteiger partial charge on any atom is 0.281 e. The highest BCUT2D eigenvalue weighted by Gasteiger charge is 2.17. The first-order chi connectivity index (χ1) is 9.66. The van der Waals surface area contributed by atoms with Gasteiger partial charge in [-0.2, -0.15) is 0 Å². The molecule has 0 aliphatic rings. The lowest BCUT2D eigenvalue weighted by Gasteiger charge is -2.08. The van der Waals surface area contributed by atoms with Crippen LogP contribution in [0.3, 0.4) is 0 Å². The normalized spacial score (nSPS) is 10.7. The lowest BCUT2D eigenvalue weighted by atomic mass is 10.1. The second-order valence-electron chi connectivity index (χ2n) is 4.09. The molecule has 3 N–H and O–H groups in total. The molecule has 100 valence electrons. The van der Waals surface area contributed by atoms with Gasteiger partial charge in [-0.3, -0.25) is 4.79 Å². The molecule has 0 spiro atoms. The van der Waals surface area contributed by atoms with Gasteiger partial charge in [-0.05, 0) is 27.8 Å². The zero-order valence-corrected chi connectivity index (χ0v) is 11.7. The fourth-order valence-electron chi connectivity index (χ4n) is 1.91. The van der Waals surface area contributed by atoms with Gasteiger partial charge in [-0.15, -0.1) is 0 Å². The van der Waals surface area contributed by atoms with E-state index in [-0.39, 0.29) is 11.5 Å². The summed E-state index contributed by atoms with van der Waals surface area (Å²) in [5, 5.41) is 11.5. The minimum atomic E-state index is -0.462. The first-order valence-electron chi connectivity index (χ1n) is 5.73. The Morgan fingerprint density at radius 1 is 1.15 bits per heavy atom. The van der Waals surface area contributed by atoms with Gasteiger partial charge in [0.2, 0.25) is 11.5 Å². The maximum atomic E-state index is 12.1. The fourth-order valence-corrected chi connectivity index (χ4v) is 2.38. The van der Waals surface area contributed by atoms with Gasteiger partial charge in [-0.25, -0.2) is 4.63 Å². The number of halogens is 1. The van der Waals surface area contributed by atoms with E-state index in [1.54, 1.807) is 6.07 Å². The highest BCUT2D eigenvalue weighted by atomic mass is 79.9. The molecule has 2 aromatic carbocycles. The molecule has 0 saturated heterocycles. The number of hydrogen-bond acceptors (Lipinski definition) is 5. The number of nitrogens with zero attached hydrogens (tertiary/aromatic N) is 2. The van der Waals surface area contributed by atoms with Crippen molar-refractivity contribution in [3.05, 3.63) is 46.6 Å². The van der Waals surface area contributed by atoms with E-state index in [0.29, 0.717) is 5.69 Å². The van der Waals surface area contributed by atoms with E-state index in [2.05, 4.69) is 36.2 Å². The molecule has 0 fully saturated rings. The molecule has 0 aliphatic heterocycles. The number of benzene rings is 2. The molecule has 0 bridgehead atoms. The molecular formula is C13H9BrN4O2. The standard InChI is InChI=1S/C13H9BrN4O2/c14-9-5-6-10(8-4-2-1-3-7(8)9)16-13(19)11-12(15)18-20-17-11/h1-6H,(H2,15,18)(H,16,19). The van der Waals surface area contributed by atoms with Crippen molar-refractivity contribution >= 4 is 44.1 Å². The molecule has 0 unspecified atom stereocenters. The Labute approximate surface area is 122 Å². The van der Waals surface area contributed by atoms with Gasteiger partial charge < -0.3 is 11.1 Å². The summed E-state index contributed by atoms with van der Waals surface area (Å²) in [6.45, 7) is 0. The predicted molar refractivity (Wildman–Crippen MR) is 78.3 cm³/mol. The van der Waals surface area contributed by atoms with Crippen LogP contribution in [0.25, 0.3) is 10.8 Å². The van der Waals surface area contributed by atoms with Crippen LogP contribution < -0.4 is 11.1 Å². The van der Waals surface area contributed by atoms with Crippen molar-refractivity contribution in [3.8, 4) is 0 Å². The summed E-state index contributed by atoms with van der Waals surface area (Å²) >= 11 is 3.48. The predicted octanol–water partition coefficient (Wildman–Crippen LogP) is 2.82. The van der Waals surface area contributed by atoms with Gasteiger partial charge in [0, 0.05) is 15.5 Å². The first-order valence-corrected chi connectivity index (χ1v) is 6.53. The lowest BCUT2D eigenvalue weighted by molar-refractivity contribution is 0.101. The average molecular weight is 333 g/mol. The average Bonchev–Trinajstić information content (AvgIpc) is 2.88. The van der Waals surface area contributed by atoms with Gasteiger partial charge in [0.05, 0.1) is 0 Å². The van der Waals surface area contributed by atoms with Crippen LogP contribution >= 0.6 is 15.9 Å². The molecule has 0 radical (unpaired) electrons. The highest BCUT2D eigenvalue weighted by Crippen LogP contribution is 2.30. The summed E-state index contributed by atoms with van der Waals surface area (Å²) in [6, 6.07) is 11.4. The van der Waals surface area contributed by atoms with Crippen molar-refractivity contribution in [2.75, 3.05) is 11.1 Å². The molecule has 0 saturated carbocycles. The van der Waals surface area contributed by atoms with Crippen LogP contribution in [0.15, 0.2) is 45.5 Å². The van der Waals surface area contributed by atoms with E-state index in [0.717, 1.165) is 15.2 Å². The van der Waals surface area contributed by atoms with E-state index >= 15 is 0 Å². The minimum absolute atomic E-state index is 0.0306. The van der Waals surface area contributed by atoms with Crippen LogP contribution in [-0.2, 0) is 0 Å². The molecular weight excluding hydrogens is 324 g/mol. The van der Waals surface area contributed by atoms with E-state index in [1.807, 2.05) is 30.3 Å². The number of nitrogens with two attached hydrogens (primary N) is 1. The molecule has 1 heterocycles. The number of anilines is 2. The molecule has 1 amide bonds. The Bertz CT molecular complexity index is 800. The van der Waals surface area contributed by atoms with E-state index in [1.165, 1.54) is 0 Å². The molecule has 6 nitrogen and oxygen atoms in total. The number of hydrogen-bond donors (Lipinski definition) is 2. The number of aromatic nitrogens is 2. The van der Waals surface area contributed by atoms with Crippen molar-refractivity contribution in [2.24, 2.45) is 0 Å². The van der Waals surface area contributed by atoms with Crippen LogP contribution in [0.4, 0.5) is 11.5 Å². The third-order valence-corrected chi connectivity index (χ3v) is 3.54. The van der Waals surface area contributed by atoms with Gasteiger partial charge in [0.25, 0.3) is 5.91 Å². The zero-order chi connectivity index (χ0) is 14.1. The molecule has 0 aliphatic carbocycles. The fraction of sp³-hybridized carbons (Fsp3) is 0. The van der Waals surface area contributed by atoms with E-state index in [9.17, 15) is 4.79 Å². The smallest absolute Gasteiger partial charge is 0.281 e. The summed E-state index contributed by atoms with van der Waals surface area (Å²) in [7, 11) is 0. The summed E-state index contributed by atoms with van der Waals surface area (Å²) in [5.41, 5.74) is 6.13. The number of carbonyl (C=O) groups excluding carboxylic acids is 1. The third kappa shape index (κ3) is 2.12. The monoisotopic (exact) mass is 332 g/mol. The van der Waals surface area contributed by atoms with Gasteiger partial charge in [0.1, 0.15) is 0 Å². The molecule has 3 rings (SSSR count). The lowest BCUT2D eigenvalue weighted by Crippen LogP contribution is -2.14. The number of rotatable bonds is 2. The number of nitrogen functional groups attached to an aromatic ring is 1. The molecule has 3 aromatic rings. The molecule has 7 heteroatoms. The summed E-state index contributed by atoms with van der Waals surface area (Å²) in [4.78, 5) is 12.1. The van der Waals surface area contributed by atoms with Crippen molar-refractivity contribution in [1.29, 1.82) is 0 Å². The summed E-state index contributed by atoms with van der Waals surface area (Å²) in [5.74, 6) is -0.500. The largest absolute Gasteiger partial charge is 0.379 e. The van der Waals surface area contributed by atoms with Crippen LogP contribution in [0.5, 0.6) is 0 Å². The second kappa shape index (κ2) is 4.93. The quantitative estimate of drug-likeness (QED) is 0.752. The Kier molecular flexibility index (Phi) is 3.11. The number of nitrogens with one attached hydrogen (secondary N) is 1. The maximum absolute atomic E-state index is 12.1. The van der Waals surface area contributed by atoms with Gasteiger partial charge >= 0.3 is 0 Å². The van der Waals surface area contributed by atoms with Crippen LogP contribution in [0, 0.1) is 0 Å². The highest BCUT2D eigenvalue weighted by molar-refractivity contribution is 9.10. The van der Waals surface area contributed by atoms with Crippen LogP contribution in [0.2, 0.25) is 0 Å². The van der Waals surface area contributed by atoms with Crippen molar-refractivity contribution in [3.63, 3.8) is 0 Å². The minimum Gasteiger partial charge on any atom is -0.379 e. The number of amides is 1. The SMILES string of the molecule is Nc1nonc1C(=O)Nc1ccc(Br)c2ccccc12. The Morgan fingerprint density at radius 2 is 1.90 bits per heavy atom. The molecule has 1 aromatic heterocycles.